The lowest BCUT2D eigenvalue weighted by molar-refractivity contribution is 0.592. The summed E-state index contributed by atoms with van der Waals surface area (Å²) in [6, 6.07) is 8.26. The molecule has 0 spiro atoms. The third kappa shape index (κ3) is 3.31. The van der Waals surface area contributed by atoms with Crippen LogP contribution in [0.5, 0.6) is 0 Å². The van der Waals surface area contributed by atoms with Crippen molar-refractivity contribution in [2.75, 3.05) is 0 Å². The summed E-state index contributed by atoms with van der Waals surface area (Å²) in [5, 5.41) is 0.392. The number of rotatable bonds is 3. The topological polar surface area (TPSA) is 38.9 Å². The Balaban J connectivity index is 2.23. The number of aryl methyl sites for hydroxylation is 2. The van der Waals surface area contributed by atoms with Gasteiger partial charge in [0.05, 0.1) is 0 Å². The minimum atomic E-state index is -0.319. The predicted molar refractivity (Wildman–Crippen MR) is 75.8 cm³/mol. The van der Waals surface area contributed by atoms with E-state index in [1.165, 1.54) is 6.07 Å². The average molecular weight is 279 g/mol. The molecule has 1 aromatic carbocycles. The first-order valence-corrected chi connectivity index (χ1v) is 6.49. The Kier molecular flexibility index (Phi) is 4.17. The summed E-state index contributed by atoms with van der Waals surface area (Å²) < 4.78 is 13.7. The lowest BCUT2D eigenvalue weighted by Gasteiger charge is -2.15. The molecule has 0 aliphatic rings. The zero-order valence-corrected chi connectivity index (χ0v) is 11.7. The smallest absolute Gasteiger partial charge is 0.127 e. The highest BCUT2D eigenvalue weighted by Gasteiger charge is 2.13. The van der Waals surface area contributed by atoms with Crippen LogP contribution in [0.3, 0.4) is 0 Å². The summed E-state index contributed by atoms with van der Waals surface area (Å²) in [6.07, 6.45) is 0.425. The molecule has 100 valence electrons. The quantitative estimate of drug-likeness (QED) is 0.929. The van der Waals surface area contributed by atoms with Crippen molar-refractivity contribution >= 4 is 11.6 Å². The van der Waals surface area contributed by atoms with Crippen LogP contribution in [0.2, 0.25) is 5.02 Å². The van der Waals surface area contributed by atoms with Crippen LogP contribution in [-0.4, -0.2) is 4.98 Å². The summed E-state index contributed by atoms with van der Waals surface area (Å²) in [7, 11) is 0. The van der Waals surface area contributed by atoms with Gasteiger partial charge in [0.1, 0.15) is 5.82 Å². The van der Waals surface area contributed by atoms with Gasteiger partial charge in [-0.05, 0) is 49.6 Å². The molecule has 2 N–H and O–H groups in total. The highest BCUT2D eigenvalue weighted by Crippen LogP contribution is 2.22. The van der Waals surface area contributed by atoms with Gasteiger partial charge in [0.15, 0.2) is 0 Å². The van der Waals surface area contributed by atoms with Crippen LogP contribution in [0.25, 0.3) is 0 Å². The van der Waals surface area contributed by atoms with Gasteiger partial charge in [0.2, 0.25) is 0 Å². The Labute approximate surface area is 117 Å². The van der Waals surface area contributed by atoms with Crippen LogP contribution >= 0.6 is 11.6 Å². The molecule has 0 saturated carbocycles. The van der Waals surface area contributed by atoms with Gasteiger partial charge >= 0.3 is 0 Å². The lowest BCUT2D eigenvalue weighted by Crippen LogP contribution is -2.16. The van der Waals surface area contributed by atoms with Gasteiger partial charge in [-0.25, -0.2) is 4.39 Å². The molecule has 0 aliphatic carbocycles. The highest BCUT2D eigenvalue weighted by atomic mass is 35.5. The average Bonchev–Trinajstić information content (AvgIpc) is 2.32. The normalized spacial score (nSPS) is 12.5. The van der Waals surface area contributed by atoms with Gasteiger partial charge in [0, 0.05) is 22.5 Å². The molecule has 1 heterocycles. The maximum Gasteiger partial charge on any atom is 0.127 e. The number of nitrogens with zero attached hydrogens (tertiary/aromatic N) is 1. The largest absolute Gasteiger partial charge is 0.324 e. The molecule has 0 saturated heterocycles. The van der Waals surface area contributed by atoms with E-state index in [-0.39, 0.29) is 11.9 Å². The van der Waals surface area contributed by atoms with E-state index >= 15 is 0 Å². The molecular formula is C15H16ClFN2. The summed E-state index contributed by atoms with van der Waals surface area (Å²) in [5.74, 6) is -0.319. The van der Waals surface area contributed by atoms with E-state index in [0.29, 0.717) is 17.0 Å². The molecule has 2 rings (SSSR count). The zero-order chi connectivity index (χ0) is 14.0. The van der Waals surface area contributed by atoms with Crippen LogP contribution < -0.4 is 5.73 Å². The number of pyridine rings is 1. The van der Waals surface area contributed by atoms with Crippen LogP contribution in [-0.2, 0) is 6.42 Å². The van der Waals surface area contributed by atoms with Crippen molar-refractivity contribution < 1.29 is 4.39 Å². The van der Waals surface area contributed by atoms with E-state index in [1.54, 1.807) is 12.1 Å². The Morgan fingerprint density at radius 1 is 1.26 bits per heavy atom. The monoisotopic (exact) mass is 278 g/mol. The molecule has 2 nitrogen and oxygen atoms in total. The van der Waals surface area contributed by atoms with E-state index in [4.69, 9.17) is 17.3 Å². The van der Waals surface area contributed by atoms with Crippen molar-refractivity contribution in [3.05, 3.63) is 63.7 Å². The summed E-state index contributed by atoms with van der Waals surface area (Å²) in [6.45, 7) is 3.85. The van der Waals surface area contributed by atoms with Gasteiger partial charge in [-0.3, -0.25) is 4.98 Å². The maximum absolute atomic E-state index is 13.7. The first-order valence-electron chi connectivity index (χ1n) is 6.11. The summed E-state index contributed by atoms with van der Waals surface area (Å²) in [5.41, 5.74) is 9.50. The fourth-order valence-electron chi connectivity index (χ4n) is 2.12. The van der Waals surface area contributed by atoms with Gasteiger partial charge in [-0.2, -0.15) is 0 Å². The fourth-order valence-corrected chi connectivity index (χ4v) is 2.28. The van der Waals surface area contributed by atoms with E-state index in [1.807, 2.05) is 26.0 Å². The summed E-state index contributed by atoms with van der Waals surface area (Å²) >= 11 is 5.73. The molecule has 2 aromatic rings. The van der Waals surface area contributed by atoms with Crippen molar-refractivity contribution in [1.82, 2.24) is 4.98 Å². The molecule has 4 heteroatoms. The van der Waals surface area contributed by atoms with E-state index in [2.05, 4.69) is 4.98 Å². The van der Waals surface area contributed by atoms with Gasteiger partial charge < -0.3 is 5.73 Å². The predicted octanol–water partition coefficient (Wildman–Crippen LogP) is 3.73. The second-order valence-electron chi connectivity index (χ2n) is 4.67. The van der Waals surface area contributed by atoms with E-state index in [0.717, 1.165) is 17.0 Å². The van der Waals surface area contributed by atoms with E-state index < -0.39 is 0 Å². The molecule has 0 radical (unpaired) electrons. The number of halogens is 2. The molecule has 0 amide bonds. The van der Waals surface area contributed by atoms with Crippen molar-refractivity contribution in [3.8, 4) is 0 Å². The first-order chi connectivity index (χ1) is 8.97. The van der Waals surface area contributed by atoms with Crippen LogP contribution in [0.1, 0.15) is 28.6 Å². The lowest BCUT2D eigenvalue weighted by atomic mass is 9.98. The van der Waals surface area contributed by atoms with Crippen LogP contribution in [0.4, 0.5) is 4.39 Å². The number of benzene rings is 1. The number of hydrogen-bond donors (Lipinski definition) is 1. The molecule has 0 fully saturated rings. The van der Waals surface area contributed by atoms with Crippen molar-refractivity contribution in [1.29, 1.82) is 0 Å². The van der Waals surface area contributed by atoms with Gasteiger partial charge in [0.25, 0.3) is 0 Å². The second kappa shape index (κ2) is 5.68. The maximum atomic E-state index is 13.7. The number of aromatic nitrogens is 1. The third-order valence-electron chi connectivity index (χ3n) is 3.12. The van der Waals surface area contributed by atoms with Crippen molar-refractivity contribution in [2.24, 2.45) is 5.73 Å². The Morgan fingerprint density at radius 3 is 2.63 bits per heavy atom. The minimum absolute atomic E-state index is 0.274. The van der Waals surface area contributed by atoms with Crippen molar-refractivity contribution in [3.63, 3.8) is 0 Å². The molecule has 1 atom stereocenters. The Morgan fingerprint density at radius 2 is 2.00 bits per heavy atom. The first kappa shape index (κ1) is 14.0. The molecule has 0 aliphatic heterocycles. The number of nitrogens with two attached hydrogens (primary N) is 1. The summed E-state index contributed by atoms with van der Waals surface area (Å²) in [4.78, 5) is 4.38. The zero-order valence-electron chi connectivity index (χ0n) is 11.0. The van der Waals surface area contributed by atoms with Crippen molar-refractivity contribution in [2.45, 2.75) is 26.3 Å². The molecule has 19 heavy (non-hydrogen) atoms. The number of hydrogen-bond acceptors (Lipinski definition) is 2. The SMILES string of the molecule is Cc1ccc(C(N)Cc2ccc(Cl)cc2F)c(C)n1. The molecule has 1 aromatic heterocycles. The van der Waals surface area contributed by atoms with E-state index in [9.17, 15) is 4.39 Å². The highest BCUT2D eigenvalue weighted by molar-refractivity contribution is 6.30. The standard InChI is InChI=1S/C15H16ClFN2/c1-9-3-6-13(10(2)19-9)15(18)7-11-4-5-12(16)8-14(11)17/h3-6,8,15H,7,18H2,1-2H3. The Hall–Kier alpha value is -1.45. The molecule has 1 unspecified atom stereocenters. The third-order valence-corrected chi connectivity index (χ3v) is 3.36. The molecule has 0 bridgehead atoms. The van der Waals surface area contributed by atoms with Gasteiger partial charge in [-0.1, -0.05) is 23.7 Å². The van der Waals surface area contributed by atoms with Crippen LogP contribution in [0.15, 0.2) is 30.3 Å². The fraction of sp³-hybridized carbons (Fsp3) is 0.267. The molecular weight excluding hydrogens is 263 g/mol. The van der Waals surface area contributed by atoms with Crippen LogP contribution in [0, 0.1) is 19.7 Å². The van der Waals surface area contributed by atoms with Gasteiger partial charge in [-0.15, -0.1) is 0 Å². The second-order valence-corrected chi connectivity index (χ2v) is 5.11. The minimum Gasteiger partial charge on any atom is -0.324 e. The Bertz CT molecular complexity index is 599.